The van der Waals surface area contributed by atoms with Crippen LogP contribution in [-0.2, 0) is 10.2 Å². The molecule has 1 N–H and O–H groups in total. The van der Waals surface area contributed by atoms with E-state index in [9.17, 15) is 9.59 Å². The number of aromatic carboxylic acids is 1. The summed E-state index contributed by atoms with van der Waals surface area (Å²) in [7, 11) is 0. The number of carboxylic acids is 1. The smallest absolute Gasteiger partial charge is 0.335 e. The molecule has 0 bridgehead atoms. The molecule has 160 valence electrons. The van der Waals surface area contributed by atoms with Gasteiger partial charge in [0.05, 0.1) is 11.5 Å². The fraction of sp³-hybridized carbons (Fsp3) is 0.440. The van der Waals surface area contributed by atoms with Crippen LogP contribution in [0.5, 0.6) is 5.75 Å². The number of rotatable bonds is 8. The van der Waals surface area contributed by atoms with Crippen LogP contribution in [0.15, 0.2) is 47.4 Å². The number of unbranched alkanes of at least 4 members (excludes halogenated alkanes) is 2. The van der Waals surface area contributed by atoms with Crippen molar-refractivity contribution in [3.63, 3.8) is 0 Å². The average Bonchev–Trinajstić information content (AvgIpc) is 2.71. The van der Waals surface area contributed by atoms with Crippen molar-refractivity contribution in [2.45, 2.75) is 69.1 Å². The van der Waals surface area contributed by atoms with Crippen molar-refractivity contribution in [3.8, 4) is 5.75 Å². The highest BCUT2D eigenvalue weighted by Crippen LogP contribution is 2.43. The summed E-state index contributed by atoms with van der Waals surface area (Å²) in [6, 6.07) is 12.4. The van der Waals surface area contributed by atoms with E-state index in [1.54, 1.807) is 0 Å². The maximum atomic E-state index is 13.1. The van der Waals surface area contributed by atoms with Gasteiger partial charge in [-0.15, -0.1) is 11.8 Å². The van der Waals surface area contributed by atoms with Crippen molar-refractivity contribution >= 4 is 23.7 Å². The first-order valence-electron chi connectivity index (χ1n) is 10.6. The van der Waals surface area contributed by atoms with Gasteiger partial charge in [-0.1, -0.05) is 52.2 Å². The van der Waals surface area contributed by atoms with E-state index in [0.717, 1.165) is 43.4 Å². The maximum absolute atomic E-state index is 13.1. The van der Waals surface area contributed by atoms with E-state index in [4.69, 9.17) is 9.84 Å². The highest BCUT2D eigenvalue weighted by molar-refractivity contribution is 7.99. The van der Waals surface area contributed by atoms with Gasteiger partial charge < -0.3 is 9.84 Å². The number of fused-ring (bicyclic) bond motifs is 1. The molecule has 0 spiro atoms. The second-order valence-corrected chi connectivity index (χ2v) is 9.67. The Hall–Kier alpha value is -2.27. The Bertz CT molecular complexity index is 902. The second-order valence-electron chi connectivity index (χ2n) is 8.54. The molecule has 4 nitrogen and oxygen atoms in total. The minimum absolute atomic E-state index is 0.156. The normalized spacial score (nSPS) is 15.8. The Morgan fingerprint density at radius 3 is 2.53 bits per heavy atom. The van der Waals surface area contributed by atoms with E-state index in [-0.39, 0.29) is 22.9 Å². The van der Waals surface area contributed by atoms with Crippen molar-refractivity contribution in [2.24, 2.45) is 0 Å². The van der Waals surface area contributed by atoms with Crippen molar-refractivity contribution < 1.29 is 19.4 Å². The van der Waals surface area contributed by atoms with Gasteiger partial charge in [-0.25, -0.2) is 4.79 Å². The van der Waals surface area contributed by atoms with Gasteiger partial charge in [-0.2, -0.15) is 0 Å². The Labute approximate surface area is 183 Å². The van der Waals surface area contributed by atoms with E-state index in [1.807, 2.05) is 11.8 Å². The van der Waals surface area contributed by atoms with Gasteiger partial charge in [-0.05, 0) is 65.5 Å². The molecule has 0 saturated heterocycles. The van der Waals surface area contributed by atoms with E-state index in [2.05, 4.69) is 39.0 Å². The van der Waals surface area contributed by atoms with Crippen LogP contribution in [0.1, 0.15) is 80.3 Å². The predicted octanol–water partition coefficient (Wildman–Crippen LogP) is 6.43. The molecule has 0 saturated carbocycles. The topological polar surface area (TPSA) is 63.6 Å². The summed E-state index contributed by atoms with van der Waals surface area (Å²) in [5, 5.41) is 9.04. The van der Waals surface area contributed by atoms with Gasteiger partial charge in [0.1, 0.15) is 5.75 Å². The molecule has 1 heterocycles. The van der Waals surface area contributed by atoms with Crippen molar-refractivity contribution in [1.29, 1.82) is 0 Å². The standard InChI is InChI=1S/C25H30O4S/c1-4-5-6-7-20(24(28)29-19-11-8-17(9-12-19)23(26)27)18-10-13-21-22(16-18)30-15-14-25(21,2)3/h8-13,16,20H,4-7,14-15H2,1-3H3,(H,26,27). The van der Waals surface area contributed by atoms with Gasteiger partial charge in [0, 0.05) is 4.90 Å². The van der Waals surface area contributed by atoms with Gasteiger partial charge in [-0.3, -0.25) is 4.79 Å². The van der Waals surface area contributed by atoms with E-state index >= 15 is 0 Å². The number of carbonyl (C=O) groups excluding carboxylic acids is 1. The highest BCUT2D eigenvalue weighted by atomic mass is 32.2. The summed E-state index contributed by atoms with van der Waals surface area (Å²) < 4.78 is 5.64. The molecule has 3 rings (SSSR count). The lowest BCUT2D eigenvalue weighted by molar-refractivity contribution is -0.136. The molecule has 2 aromatic rings. The molecule has 0 aromatic heterocycles. The third kappa shape index (κ3) is 5.25. The lowest BCUT2D eigenvalue weighted by atomic mass is 9.80. The lowest BCUT2D eigenvalue weighted by Gasteiger charge is -2.32. The van der Waals surface area contributed by atoms with Gasteiger partial charge >= 0.3 is 11.9 Å². The van der Waals surface area contributed by atoms with Gasteiger partial charge in [0.15, 0.2) is 0 Å². The van der Waals surface area contributed by atoms with Crippen LogP contribution in [-0.4, -0.2) is 22.8 Å². The largest absolute Gasteiger partial charge is 0.478 e. The third-order valence-electron chi connectivity index (χ3n) is 5.82. The predicted molar refractivity (Wildman–Crippen MR) is 121 cm³/mol. The number of hydrogen-bond acceptors (Lipinski definition) is 4. The first-order chi connectivity index (χ1) is 14.3. The van der Waals surface area contributed by atoms with Gasteiger partial charge in [0.25, 0.3) is 0 Å². The van der Waals surface area contributed by atoms with Crippen molar-refractivity contribution in [3.05, 3.63) is 59.2 Å². The number of carbonyl (C=O) groups is 2. The summed E-state index contributed by atoms with van der Waals surface area (Å²) in [5.41, 5.74) is 2.68. The Morgan fingerprint density at radius 1 is 1.13 bits per heavy atom. The van der Waals surface area contributed by atoms with E-state index in [0.29, 0.717) is 5.75 Å². The zero-order valence-corrected chi connectivity index (χ0v) is 18.8. The molecule has 0 fully saturated rings. The molecular formula is C25H30O4S. The maximum Gasteiger partial charge on any atom is 0.335 e. The van der Waals surface area contributed by atoms with Crippen molar-refractivity contribution in [2.75, 3.05) is 5.75 Å². The van der Waals surface area contributed by atoms with Crippen LogP contribution in [0.3, 0.4) is 0 Å². The fourth-order valence-electron chi connectivity index (χ4n) is 3.86. The number of thioether (sulfide) groups is 1. The van der Waals surface area contributed by atoms with Crippen molar-refractivity contribution in [1.82, 2.24) is 0 Å². The summed E-state index contributed by atoms with van der Waals surface area (Å²) in [5.74, 6) is -0.149. The molecule has 2 aromatic carbocycles. The Kier molecular flexibility index (Phi) is 7.24. The summed E-state index contributed by atoms with van der Waals surface area (Å²) >= 11 is 1.86. The van der Waals surface area contributed by atoms with Gasteiger partial charge in [0.2, 0.25) is 0 Å². The number of carboxylic acid groups (broad SMARTS) is 1. The first-order valence-corrected chi connectivity index (χ1v) is 11.6. The minimum atomic E-state index is -1.00. The van der Waals surface area contributed by atoms with Crippen LogP contribution >= 0.6 is 11.8 Å². The van der Waals surface area contributed by atoms with Crippen LogP contribution in [0, 0.1) is 0 Å². The van der Waals surface area contributed by atoms with Crippen LogP contribution in [0.4, 0.5) is 0 Å². The molecule has 0 amide bonds. The van der Waals surface area contributed by atoms with Crippen LogP contribution in [0.2, 0.25) is 0 Å². The van der Waals surface area contributed by atoms with E-state index < -0.39 is 5.97 Å². The van der Waals surface area contributed by atoms with Crippen LogP contribution < -0.4 is 4.74 Å². The first kappa shape index (κ1) is 22.4. The Balaban J connectivity index is 1.83. The fourth-order valence-corrected chi connectivity index (χ4v) is 5.41. The molecule has 0 radical (unpaired) electrons. The average molecular weight is 427 g/mol. The molecule has 0 aliphatic carbocycles. The molecule has 5 heteroatoms. The summed E-state index contributed by atoms with van der Waals surface area (Å²) in [4.78, 5) is 25.4. The minimum Gasteiger partial charge on any atom is -0.478 e. The lowest BCUT2D eigenvalue weighted by Crippen LogP contribution is -2.24. The number of esters is 1. The zero-order chi connectivity index (χ0) is 21.7. The number of benzene rings is 2. The molecule has 1 aliphatic rings. The number of ether oxygens (including phenoxy) is 1. The van der Waals surface area contributed by atoms with Crippen LogP contribution in [0.25, 0.3) is 0 Å². The highest BCUT2D eigenvalue weighted by Gasteiger charge is 2.30. The third-order valence-corrected chi connectivity index (χ3v) is 6.88. The summed E-state index contributed by atoms with van der Waals surface area (Å²) in [6.07, 6.45) is 5.02. The van der Waals surface area contributed by atoms with E-state index in [1.165, 1.54) is 34.7 Å². The molecule has 30 heavy (non-hydrogen) atoms. The second kappa shape index (κ2) is 9.69. The monoisotopic (exact) mass is 426 g/mol. The summed E-state index contributed by atoms with van der Waals surface area (Å²) in [6.45, 7) is 6.70. The molecule has 1 unspecified atom stereocenters. The quantitative estimate of drug-likeness (QED) is 0.299. The SMILES string of the molecule is CCCCCC(C(=O)Oc1ccc(C(=O)O)cc1)c1ccc2c(c1)SCCC2(C)C. The number of hydrogen-bond donors (Lipinski definition) is 1. The molecule has 1 atom stereocenters. The zero-order valence-electron chi connectivity index (χ0n) is 17.9. The Morgan fingerprint density at radius 2 is 1.87 bits per heavy atom. The molecular weight excluding hydrogens is 396 g/mol. The molecule has 1 aliphatic heterocycles.